The molecule has 0 aromatic heterocycles. The molecule has 30 heavy (non-hydrogen) atoms. The van der Waals surface area contributed by atoms with Gasteiger partial charge < -0.3 is 14.2 Å². The number of rotatable bonds is 14. The normalized spacial score (nSPS) is 10.7. The van der Waals surface area contributed by atoms with Crippen LogP contribution in [0.4, 0.5) is 0 Å². The lowest BCUT2D eigenvalue weighted by molar-refractivity contribution is -0.145. The molecule has 6 heteroatoms. The second-order valence-corrected chi connectivity index (χ2v) is 7.64. The van der Waals surface area contributed by atoms with Gasteiger partial charge in [-0.2, -0.15) is 0 Å². The van der Waals surface area contributed by atoms with Gasteiger partial charge in [-0.3, -0.25) is 9.59 Å². The first-order valence-electron chi connectivity index (χ1n) is 10.1. The summed E-state index contributed by atoms with van der Waals surface area (Å²) < 4.78 is 15.2. The summed E-state index contributed by atoms with van der Waals surface area (Å²) in [4.78, 5) is 25.3. The molecule has 0 unspecified atom stereocenters. The lowest BCUT2D eigenvalue weighted by atomic mass is 10.0. The summed E-state index contributed by atoms with van der Waals surface area (Å²) in [7, 11) is 1.61. The number of hydrogen-bond acceptors (Lipinski definition) is 6. The van der Waals surface area contributed by atoms with Crippen molar-refractivity contribution in [3.63, 3.8) is 0 Å². The number of Topliss-reactive ketones (excluding diaryl/α,β-unsaturated/α-hetero) is 1. The minimum atomic E-state index is -0.255. The summed E-state index contributed by atoms with van der Waals surface area (Å²) in [5.41, 5.74) is 2.93. The Morgan fingerprint density at radius 2 is 1.40 bits per heavy atom. The fraction of sp³-hybridized carbons (Fsp3) is 0.417. The maximum atomic E-state index is 12.4. The number of carbonyl (C=O) groups excluding carboxylic acids is 2. The van der Waals surface area contributed by atoms with E-state index in [1.54, 1.807) is 18.9 Å². The third-order valence-electron chi connectivity index (χ3n) is 4.59. The summed E-state index contributed by atoms with van der Waals surface area (Å²) >= 11 is 1.71. The number of carbonyl (C=O) groups is 2. The molecule has 0 saturated carbocycles. The molecule has 0 N–H and O–H groups in total. The van der Waals surface area contributed by atoms with Gasteiger partial charge in [0.2, 0.25) is 0 Å². The van der Waals surface area contributed by atoms with Crippen LogP contribution in [0.3, 0.4) is 0 Å². The van der Waals surface area contributed by atoms with Gasteiger partial charge in [-0.25, -0.2) is 0 Å². The average molecular weight is 431 g/mol. The van der Waals surface area contributed by atoms with Crippen molar-refractivity contribution in [2.75, 3.05) is 39.8 Å². The molecule has 0 heterocycles. The van der Waals surface area contributed by atoms with Crippen LogP contribution in [0.25, 0.3) is 11.1 Å². The molecule has 0 aliphatic heterocycles. The molecule has 2 aromatic rings. The lowest BCUT2D eigenvalue weighted by Gasteiger charge is -2.06. The molecule has 2 aromatic carbocycles. The second kappa shape index (κ2) is 14.0. The fourth-order valence-electron chi connectivity index (χ4n) is 2.86. The minimum Gasteiger partial charge on any atom is -0.463 e. The molecular weight excluding hydrogens is 400 g/mol. The first-order valence-corrected chi connectivity index (χ1v) is 11.4. The zero-order valence-electron chi connectivity index (χ0n) is 17.7. The number of ketones is 1. The van der Waals surface area contributed by atoms with Crippen molar-refractivity contribution >= 4 is 23.5 Å². The zero-order chi connectivity index (χ0) is 21.6. The Labute approximate surface area is 183 Å². The number of esters is 1. The van der Waals surface area contributed by atoms with Gasteiger partial charge in [0.05, 0.1) is 19.8 Å². The van der Waals surface area contributed by atoms with E-state index in [9.17, 15) is 9.59 Å². The summed E-state index contributed by atoms with van der Waals surface area (Å²) in [6, 6.07) is 16.1. The van der Waals surface area contributed by atoms with Crippen molar-refractivity contribution in [1.82, 2.24) is 0 Å². The van der Waals surface area contributed by atoms with Crippen LogP contribution in [0.2, 0.25) is 0 Å². The molecule has 0 aliphatic carbocycles. The highest BCUT2D eigenvalue weighted by Crippen LogP contribution is 2.23. The van der Waals surface area contributed by atoms with Crippen molar-refractivity contribution in [1.29, 1.82) is 0 Å². The third-order valence-corrected chi connectivity index (χ3v) is 5.33. The van der Waals surface area contributed by atoms with Crippen molar-refractivity contribution in [2.24, 2.45) is 0 Å². The molecule has 0 atom stereocenters. The topological polar surface area (TPSA) is 61.8 Å². The monoisotopic (exact) mass is 430 g/mol. The van der Waals surface area contributed by atoms with Gasteiger partial charge in [0, 0.05) is 30.4 Å². The number of unbranched alkanes of at least 4 members (excludes halogenated alkanes) is 1. The van der Waals surface area contributed by atoms with Gasteiger partial charge in [0.25, 0.3) is 0 Å². The van der Waals surface area contributed by atoms with Crippen molar-refractivity contribution in [3.05, 3.63) is 54.1 Å². The van der Waals surface area contributed by atoms with E-state index < -0.39 is 0 Å². The zero-order valence-corrected chi connectivity index (χ0v) is 18.5. The predicted molar refractivity (Wildman–Crippen MR) is 120 cm³/mol. The lowest BCUT2D eigenvalue weighted by Crippen LogP contribution is -2.12. The highest BCUT2D eigenvalue weighted by molar-refractivity contribution is 7.98. The third kappa shape index (κ3) is 8.69. The molecule has 0 bridgehead atoms. The van der Waals surface area contributed by atoms with Gasteiger partial charge in [-0.05, 0) is 42.4 Å². The van der Waals surface area contributed by atoms with Crippen LogP contribution in [0.1, 0.15) is 36.0 Å². The minimum absolute atomic E-state index is 0.0965. The second-order valence-electron chi connectivity index (χ2n) is 6.76. The Morgan fingerprint density at radius 1 is 0.800 bits per heavy atom. The molecule has 0 amide bonds. The Morgan fingerprint density at radius 3 is 2.03 bits per heavy atom. The Kier molecular flexibility index (Phi) is 11.2. The molecule has 2 rings (SSSR count). The summed E-state index contributed by atoms with van der Waals surface area (Å²) in [6.07, 6.45) is 4.09. The number of methoxy groups -OCH3 is 1. The average Bonchev–Trinajstić information content (AvgIpc) is 2.79. The molecule has 162 valence electrons. The maximum absolute atomic E-state index is 12.4. The van der Waals surface area contributed by atoms with Crippen LogP contribution in [0.15, 0.2) is 53.4 Å². The van der Waals surface area contributed by atoms with E-state index in [1.165, 1.54) is 4.90 Å². The van der Waals surface area contributed by atoms with E-state index in [4.69, 9.17) is 14.2 Å². The van der Waals surface area contributed by atoms with Crippen molar-refractivity contribution in [3.8, 4) is 11.1 Å². The Hall–Kier alpha value is -2.15. The van der Waals surface area contributed by atoms with Gasteiger partial charge in [0.1, 0.15) is 6.61 Å². The van der Waals surface area contributed by atoms with Crippen LogP contribution >= 0.6 is 11.8 Å². The van der Waals surface area contributed by atoms with Gasteiger partial charge >= 0.3 is 5.97 Å². The molecule has 0 saturated heterocycles. The number of benzene rings is 2. The van der Waals surface area contributed by atoms with Gasteiger partial charge in [0.15, 0.2) is 5.78 Å². The van der Waals surface area contributed by atoms with Crippen LogP contribution in [0, 0.1) is 0 Å². The predicted octanol–water partition coefficient (Wildman–Crippen LogP) is 5.02. The van der Waals surface area contributed by atoms with Gasteiger partial charge in [-0.15, -0.1) is 11.8 Å². The summed E-state index contributed by atoms with van der Waals surface area (Å²) in [6.45, 7) is 1.62. The highest BCUT2D eigenvalue weighted by Gasteiger charge is 2.08. The number of hydrogen-bond donors (Lipinski definition) is 0. The fourth-order valence-corrected chi connectivity index (χ4v) is 3.27. The van der Waals surface area contributed by atoms with E-state index in [0.29, 0.717) is 51.1 Å². The van der Waals surface area contributed by atoms with Crippen molar-refractivity contribution in [2.45, 2.75) is 30.6 Å². The first kappa shape index (κ1) is 24.1. The first-order chi connectivity index (χ1) is 14.6. The van der Waals surface area contributed by atoms with E-state index in [-0.39, 0.29) is 18.4 Å². The molecular formula is C24H30O5S. The van der Waals surface area contributed by atoms with Crippen LogP contribution in [-0.2, 0) is 19.0 Å². The molecule has 0 spiro atoms. The van der Waals surface area contributed by atoms with Crippen LogP contribution < -0.4 is 0 Å². The van der Waals surface area contributed by atoms with E-state index in [2.05, 4.69) is 30.5 Å². The summed E-state index contributed by atoms with van der Waals surface area (Å²) in [5.74, 6) is -0.158. The SMILES string of the molecule is COCCOCCOC(=O)CCCCC(=O)c1ccc(-c2ccc(SC)cc2)cc1. The number of thioether (sulfide) groups is 1. The summed E-state index contributed by atoms with van der Waals surface area (Å²) in [5, 5.41) is 0. The van der Waals surface area contributed by atoms with Crippen LogP contribution in [-0.4, -0.2) is 51.5 Å². The van der Waals surface area contributed by atoms with E-state index >= 15 is 0 Å². The quantitative estimate of drug-likeness (QED) is 0.181. The molecule has 5 nitrogen and oxygen atoms in total. The standard InChI is InChI=1S/C24H30O5S/c1-27-15-16-28-17-18-29-24(26)6-4-3-5-23(25)21-9-7-19(8-10-21)20-11-13-22(30-2)14-12-20/h7-14H,3-6,15-18H2,1-2H3. The molecule has 0 fully saturated rings. The molecule has 0 radical (unpaired) electrons. The Bertz CT molecular complexity index is 771. The van der Waals surface area contributed by atoms with E-state index in [0.717, 1.165) is 11.1 Å². The largest absolute Gasteiger partial charge is 0.463 e. The smallest absolute Gasteiger partial charge is 0.305 e. The van der Waals surface area contributed by atoms with Crippen LogP contribution in [0.5, 0.6) is 0 Å². The van der Waals surface area contributed by atoms with E-state index in [1.807, 2.05) is 24.3 Å². The molecule has 0 aliphatic rings. The van der Waals surface area contributed by atoms with Crippen molar-refractivity contribution < 1.29 is 23.8 Å². The Balaban J connectivity index is 1.65. The number of ether oxygens (including phenoxy) is 3. The maximum Gasteiger partial charge on any atom is 0.305 e. The van der Waals surface area contributed by atoms with Gasteiger partial charge in [-0.1, -0.05) is 36.4 Å². The highest BCUT2D eigenvalue weighted by atomic mass is 32.2.